The van der Waals surface area contributed by atoms with Crippen LogP contribution in [-0.4, -0.2) is 28.5 Å². The predicted molar refractivity (Wildman–Crippen MR) is 30.2 cm³/mol. The maximum atomic E-state index is 10.6. The Labute approximate surface area is 53.3 Å². The van der Waals surface area contributed by atoms with Crippen LogP contribution in [0.5, 0.6) is 0 Å². The molecule has 0 saturated carbocycles. The summed E-state index contributed by atoms with van der Waals surface area (Å²) in [6, 6.07) is 0. The molecule has 3 nitrogen and oxygen atoms in total. The number of hydrogen-bond donors (Lipinski definition) is 2. The third-order valence-electron chi connectivity index (χ3n) is 1.39. The summed E-state index contributed by atoms with van der Waals surface area (Å²) in [7, 11) is 0. The van der Waals surface area contributed by atoms with Crippen molar-refractivity contribution in [3.05, 3.63) is 12.2 Å². The molecule has 0 saturated heterocycles. The summed E-state index contributed by atoms with van der Waals surface area (Å²) in [5, 5.41) is 28.2. The molecular formula is C6H9O3. The Bertz CT molecular complexity index is 121. The topological polar surface area (TPSA) is 60.4 Å². The van der Waals surface area contributed by atoms with Gasteiger partial charge in [0.25, 0.3) is 0 Å². The van der Waals surface area contributed by atoms with Crippen LogP contribution in [0, 0.1) is 0 Å². The number of hydrogen-bond acceptors (Lipinski definition) is 2. The van der Waals surface area contributed by atoms with E-state index < -0.39 is 18.3 Å². The molecule has 1 radical (unpaired) electrons. The molecule has 0 amide bonds. The summed E-state index contributed by atoms with van der Waals surface area (Å²) < 4.78 is 0. The van der Waals surface area contributed by atoms with Crippen molar-refractivity contribution < 1.29 is 15.3 Å². The van der Waals surface area contributed by atoms with Gasteiger partial charge in [-0.25, -0.2) is 5.11 Å². The Morgan fingerprint density at radius 1 is 1.33 bits per heavy atom. The fourth-order valence-electron chi connectivity index (χ4n) is 0.822. The molecule has 0 aromatic heterocycles. The number of rotatable bonds is 0. The highest BCUT2D eigenvalue weighted by molar-refractivity contribution is 5.02. The maximum absolute atomic E-state index is 10.6. The zero-order valence-corrected chi connectivity index (χ0v) is 4.90. The van der Waals surface area contributed by atoms with Crippen molar-refractivity contribution in [2.45, 2.75) is 24.7 Å². The van der Waals surface area contributed by atoms with Gasteiger partial charge in [-0.2, -0.15) is 0 Å². The molecule has 3 heteroatoms. The Kier molecular flexibility index (Phi) is 1.85. The Morgan fingerprint density at radius 2 is 2.00 bits per heavy atom. The third kappa shape index (κ3) is 1.51. The van der Waals surface area contributed by atoms with Crippen LogP contribution in [-0.2, 0) is 5.11 Å². The van der Waals surface area contributed by atoms with E-state index in [9.17, 15) is 5.11 Å². The first kappa shape index (κ1) is 6.74. The van der Waals surface area contributed by atoms with E-state index in [2.05, 4.69) is 0 Å². The van der Waals surface area contributed by atoms with Gasteiger partial charge in [0.15, 0.2) is 0 Å². The van der Waals surface area contributed by atoms with E-state index >= 15 is 0 Å². The van der Waals surface area contributed by atoms with Crippen LogP contribution >= 0.6 is 0 Å². The highest BCUT2D eigenvalue weighted by atomic mass is 16.3. The summed E-state index contributed by atoms with van der Waals surface area (Å²) in [4.78, 5) is 0. The molecule has 0 aromatic carbocycles. The van der Waals surface area contributed by atoms with Gasteiger partial charge in [0.05, 0.1) is 6.10 Å². The van der Waals surface area contributed by atoms with Gasteiger partial charge in [-0.3, -0.25) is 0 Å². The zero-order valence-electron chi connectivity index (χ0n) is 4.90. The van der Waals surface area contributed by atoms with Gasteiger partial charge in [-0.15, -0.1) is 0 Å². The van der Waals surface area contributed by atoms with Crippen LogP contribution < -0.4 is 0 Å². The van der Waals surface area contributed by atoms with E-state index in [4.69, 9.17) is 10.2 Å². The van der Waals surface area contributed by atoms with Crippen molar-refractivity contribution in [1.82, 2.24) is 0 Å². The highest BCUT2D eigenvalue weighted by Gasteiger charge is 2.22. The first-order valence-corrected chi connectivity index (χ1v) is 2.90. The fraction of sp³-hybridized carbons (Fsp3) is 0.667. The van der Waals surface area contributed by atoms with Crippen LogP contribution in [0.15, 0.2) is 12.2 Å². The van der Waals surface area contributed by atoms with E-state index in [1.54, 1.807) is 0 Å². The second-order valence-electron chi connectivity index (χ2n) is 2.22. The highest BCUT2D eigenvalue weighted by Crippen LogP contribution is 2.11. The Balaban J connectivity index is 2.54. The maximum Gasteiger partial charge on any atom is 0.125 e. The first-order chi connectivity index (χ1) is 4.20. The molecule has 0 bridgehead atoms. The van der Waals surface area contributed by atoms with Crippen LogP contribution in [0.4, 0.5) is 0 Å². The van der Waals surface area contributed by atoms with E-state index in [-0.39, 0.29) is 6.42 Å². The average Bonchev–Trinajstić information content (AvgIpc) is 1.80. The van der Waals surface area contributed by atoms with Gasteiger partial charge in [0, 0.05) is 6.42 Å². The number of aliphatic hydroxyl groups is 2. The lowest BCUT2D eigenvalue weighted by molar-refractivity contribution is -0.0323. The lowest BCUT2D eigenvalue weighted by Crippen LogP contribution is -2.30. The van der Waals surface area contributed by atoms with Crippen molar-refractivity contribution >= 4 is 0 Å². The second kappa shape index (κ2) is 2.47. The molecule has 3 unspecified atom stereocenters. The van der Waals surface area contributed by atoms with Crippen LogP contribution in [0.2, 0.25) is 0 Å². The molecule has 1 rings (SSSR count). The first-order valence-electron chi connectivity index (χ1n) is 2.90. The summed E-state index contributed by atoms with van der Waals surface area (Å²) in [6.45, 7) is 0. The lowest BCUT2D eigenvalue weighted by atomic mass is 10.00. The molecule has 0 spiro atoms. The minimum atomic E-state index is -1.05. The van der Waals surface area contributed by atoms with Crippen molar-refractivity contribution in [1.29, 1.82) is 0 Å². The van der Waals surface area contributed by atoms with Crippen LogP contribution in [0.1, 0.15) is 6.42 Å². The molecule has 0 fully saturated rings. The molecule has 51 valence electrons. The van der Waals surface area contributed by atoms with E-state index in [1.165, 1.54) is 12.2 Å². The van der Waals surface area contributed by atoms with Crippen molar-refractivity contribution in [2.75, 3.05) is 0 Å². The Hall–Kier alpha value is -0.380. The minimum absolute atomic E-state index is 0.123. The second-order valence-corrected chi connectivity index (χ2v) is 2.22. The smallest absolute Gasteiger partial charge is 0.125 e. The molecule has 9 heavy (non-hydrogen) atoms. The van der Waals surface area contributed by atoms with E-state index in [0.29, 0.717) is 0 Å². The third-order valence-corrected chi connectivity index (χ3v) is 1.39. The van der Waals surface area contributed by atoms with Crippen LogP contribution in [0.3, 0.4) is 0 Å². The summed E-state index contributed by atoms with van der Waals surface area (Å²) in [5.41, 5.74) is 0. The quantitative estimate of drug-likeness (QED) is 0.432. The molecule has 1 aliphatic rings. The number of aliphatic hydroxyl groups excluding tert-OH is 2. The van der Waals surface area contributed by atoms with Gasteiger partial charge >= 0.3 is 0 Å². The Morgan fingerprint density at radius 3 is 2.44 bits per heavy atom. The monoisotopic (exact) mass is 129 g/mol. The summed E-state index contributed by atoms with van der Waals surface area (Å²) in [6.07, 6.45) is 0.289. The van der Waals surface area contributed by atoms with Gasteiger partial charge in [0.1, 0.15) is 12.2 Å². The molecule has 2 N–H and O–H groups in total. The zero-order chi connectivity index (χ0) is 6.85. The van der Waals surface area contributed by atoms with Gasteiger partial charge in [-0.1, -0.05) is 12.2 Å². The lowest BCUT2D eigenvalue weighted by Gasteiger charge is -2.19. The van der Waals surface area contributed by atoms with Gasteiger partial charge < -0.3 is 10.2 Å². The SMILES string of the molecule is [O]C1CC(O)C=CC1O. The fourth-order valence-corrected chi connectivity index (χ4v) is 0.822. The largest absolute Gasteiger partial charge is 0.389 e. The summed E-state index contributed by atoms with van der Waals surface area (Å²) in [5.74, 6) is 0. The van der Waals surface area contributed by atoms with Gasteiger partial charge in [-0.05, 0) is 0 Å². The molecular weight excluding hydrogens is 120 g/mol. The van der Waals surface area contributed by atoms with Gasteiger partial charge in [0.2, 0.25) is 0 Å². The van der Waals surface area contributed by atoms with Crippen LogP contribution in [0.25, 0.3) is 0 Å². The molecule has 0 aliphatic heterocycles. The minimum Gasteiger partial charge on any atom is -0.389 e. The average molecular weight is 129 g/mol. The molecule has 0 aromatic rings. The standard InChI is InChI=1S/C6H9O3/c7-4-1-2-5(8)6(9)3-4/h1-2,4-8H,3H2. The predicted octanol–water partition coefficient (Wildman–Crippen LogP) is -0.533. The van der Waals surface area contributed by atoms with Crippen molar-refractivity contribution in [3.8, 4) is 0 Å². The van der Waals surface area contributed by atoms with Crippen molar-refractivity contribution in [2.24, 2.45) is 0 Å². The molecule has 0 heterocycles. The normalized spacial score (nSPS) is 43.2. The van der Waals surface area contributed by atoms with E-state index in [0.717, 1.165) is 0 Å². The molecule has 1 aliphatic carbocycles. The van der Waals surface area contributed by atoms with Crippen molar-refractivity contribution in [3.63, 3.8) is 0 Å². The molecule has 3 atom stereocenters. The summed E-state index contributed by atoms with van der Waals surface area (Å²) >= 11 is 0. The van der Waals surface area contributed by atoms with E-state index in [1.807, 2.05) is 0 Å².